The molecule has 0 aliphatic rings. The van der Waals surface area contributed by atoms with Crippen molar-refractivity contribution >= 4 is 17.4 Å². The Morgan fingerprint density at radius 3 is 2.86 bits per heavy atom. The molecule has 0 fully saturated rings. The summed E-state index contributed by atoms with van der Waals surface area (Å²) in [5.74, 6) is 1.02. The van der Waals surface area contributed by atoms with E-state index in [1.807, 2.05) is 17.8 Å². The molecule has 0 heterocycles. The predicted molar refractivity (Wildman–Crippen MR) is 62.6 cm³/mol. The van der Waals surface area contributed by atoms with Crippen LogP contribution >= 0.6 is 11.8 Å². The summed E-state index contributed by atoms with van der Waals surface area (Å²) in [5, 5.41) is 3.27. The molecule has 0 amide bonds. The number of thioether (sulfide) groups is 1. The number of aryl methyl sites for hydroxylation is 1. The summed E-state index contributed by atoms with van der Waals surface area (Å²) >= 11 is 1.84. The number of hydrogen-bond acceptors (Lipinski definition) is 2. The van der Waals surface area contributed by atoms with Crippen LogP contribution in [0.4, 0.5) is 10.1 Å². The third-order valence-corrected chi connectivity index (χ3v) is 2.71. The van der Waals surface area contributed by atoms with Crippen molar-refractivity contribution in [3.8, 4) is 0 Å². The maximum absolute atomic E-state index is 12.9. The SMILES string of the molecule is CSCCCNc1ccc(F)c(C)c1. The standard InChI is InChI=1S/C11H16FNS/c1-9-8-10(4-5-11(9)12)13-6-3-7-14-2/h4-5,8,13H,3,6-7H2,1-2H3. The van der Waals surface area contributed by atoms with Crippen LogP contribution in [0.15, 0.2) is 18.2 Å². The van der Waals surface area contributed by atoms with E-state index in [1.54, 1.807) is 13.0 Å². The minimum atomic E-state index is -0.139. The molecule has 0 bridgehead atoms. The van der Waals surface area contributed by atoms with Crippen LogP contribution in [0, 0.1) is 12.7 Å². The molecule has 14 heavy (non-hydrogen) atoms. The Kier molecular flexibility index (Phi) is 4.80. The monoisotopic (exact) mass is 213 g/mol. The highest BCUT2D eigenvalue weighted by Gasteiger charge is 1.97. The first-order valence-electron chi connectivity index (χ1n) is 4.73. The van der Waals surface area contributed by atoms with Crippen molar-refractivity contribution in [3.63, 3.8) is 0 Å². The third kappa shape index (κ3) is 3.58. The summed E-state index contributed by atoms with van der Waals surface area (Å²) in [6.45, 7) is 2.73. The van der Waals surface area contributed by atoms with Crippen molar-refractivity contribution < 1.29 is 4.39 Å². The first-order chi connectivity index (χ1) is 6.74. The highest BCUT2D eigenvalue weighted by Crippen LogP contribution is 2.13. The number of nitrogens with one attached hydrogen (secondary N) is 1. The van der Waals surface area contributed by atoms with Gasteiger partial charge in [0.1, 0.15) is 5.82 Å². The lowest BCUT2D eigenvalue weighted by Gasteiger charge is -2.06. The number of hydrogen-bond donors (Lipinski definition) is 1. The fourth-order valence-electron chi connectivity index (χ4n) is 1.20. The molecule has 3 heteroatoms. The molecule has 0 saturated heterocycles. The van der Waals surface area contributed by atoms with Crippen LogP contribution in [0.2, 0.25) is 0 Å². The average Bonchev–Trinajstić information content (AvgIpc) is 2.18. The van der Waals surface area contributed by atoms with Crippen molar-refractivity contribution in [3.05, 3.63) is 29.6 Å². The Labute approximate surface area is 89.1 Å². The molecule has 0 aromatic heterocycles. The van der Waals surface area contributed by atoms with E-state index in [1.165, 1.54) is 6.07 Å². The summed E-state index contributed by atoms with van der Waals surface area (Å²) in [5.41, 5.74) is 1.70. The third-order valence-electron chi connectivity index (χ3n) is 2.01. The number of rotatable bonds is 5. The molecular weight excluding hydrogens is 197 g/mol. The van der Waals surface area contributed by atoms with Gasteiger partial charge in [-0.15, -0.1) is 0 Å². The number of halogens is 1. The Morgan fingerprint density at radius 1 is 1.43 bits per heavy atom. The van der Waals surface area contributed by atoms with E-state index in [2.05, 4.69) is 11.6 Å². The molecule has 1 rings (SSSR count). The van der Waals surface area contributed by atoms with E-state index in [4.69, 9.17) is 0 Å². The molecule has 78 valence electrons. The predicted octanol–water partition coefficient (Wildman–Crippen LogP) is 3.30. The van der Waals surface area contributed by atoms with Crippen LogP contribution in [-0.2, 0) is 0 Å². The smallest absolute Gasteiger partial charge is 0.126 e. The van der Waals surface area contributed by atoms with Gasteiger partial charge in [0, 0.05) is 12.2 Å². The van der Waals surface area contributed by atoms with Gasteiger partial charge in [-0.1, -0.05) is 0 Å². The molecule has 0 aliphatic heterocycles. The van der Waals surface area contributed by atoms with Crippen LogP contribution in [0.5, 0.6) is 0 Å². The van der Waals surface area contributed by atoms with Gasteiger partial charge in [0.2, 0.25) is 0 Å². The molecule has 0 aliphatic carbocycles. The molecule has 0 radical (unpaired) electrons. The molecule has 0 saturated carbocycles. The molecule has 1 N–H and O–H groups in total. The van der Waals surface area contributed by atoms with E-state index >= 15 is 0 Å². The zero-order valence-corrected chi connectivity index (χ0v) is 9.46. The largest absolute Gasteiger partial charge is 0.385 e. The zero-order chi connectivity index (χ0) is 10.4. The van der Waals surface area contributed by atoms with E-state index in [0.29, 0.717) is 5.56 Å². The summed E-state index contributed by atoms with van der Waals surface area (Å²) in [4.78, 5) is 0. The van der Waals surface area contributed by atoms with Crippen LogP contribution in [0.1, 0.15) is 12.0 Å². The summed E-state index contributed by atoms with van der Waals surface area (Å²) in [6, 6.07) is 5.13. The molecule has 0 spiro atoms. The van der Waals surface area contributed by atoms with Gasteiger partial charge in [0.15, 0.2) is 0 Å². The quantitative estimate of drug-likeness (QED) is 0.753. The first kappa shape index (κ1) is 11.4. The van der Waals surface area contributed by atoms with E-state index in [9.17, 15) is 4.39 Å². The highest BCUT2D eigenvalue weighted by molar-refractivity contribution is 7.98. The van der Waals surface area contributed by atoms with Gasteiger partial charge in [-0.2, -0.15) is 11.8 Å². The van der Waals surface area contributed by atoms with Crippen molar-refractivity contribution in [2.45, 2.75) is 13.3 Å². The molecule has 1 aromatic rings. The maximum Gasteiger partial charge on any atom is 0.126 e. The Balaban J connectivity index is 2.39. The van der Waals surface area contributed by atoms with Gasteiger partial charge >= 0.3 is 0 Å². The van der Waals surface area contributed by atoms with Gasteiger partial charge in [-0.05, 0) is 49.1 Å². The van der Waals surface area contributed by atoms with E-state index in [0.717, 1.165) is 24.4 Å². The zero-order valence-electron chi connectivity index (χ0n) is 8.64. The van der Waals surface area contributed by atoms with Gasteiger partial charge in [-0.25, -0.2) is 4.39 Å². The number of benzene rings is 1. The van der Waals surface area contributed by atoms with Crippen molar-refractivity contribution in [1.29, 1.82) is 0 Å². The number of anilines is 1. The van der Waals surface area contributed by atoms with E-state index in [-0.39, 0.29) is 5.82 Å². The van der Waals surface area contributed by atoms with Crippen LogP contribution < -0.4 is 5.32 Å². The summed E-state index contributed by atoms with van der Waals surface area (Å²) < 4.78 is 12.9. The van der Waals surface area contributed by atoms with Gasteiger partial charge in [-0.3, -0.25) is 0 Å². The summed E-state index contributed by atoms with van der Waals surface area (Å²) in [7, 11) is 0. The molecule has 0 atom stereocenters. The van der Waals surface area contributed by atoms with E-state index < -0.39 is 0 Å². The van der Waals surface area contributed by atoms with Crippen molar-refractivity contribution in [1.82, 2.24) is 0 Å². The maximum atomic E-state index is 12.9. The van der Waals surface area contributed by atoms with Crippen LogP contribution in [0.25, 0.3) is 0 Å². The fraction of sp³-hybridized carbons (Fsp3) is 0.455. The topological polar surface area (TPSA) is 12.0 Å². The highest BCUT2D eigenvalue weighted by atomic mass is 32.2. The summed E-state index contributed by atoms with van der Waals surface area (Å²) in [6.07, 6.45) is 3.24. The second-order valence-electron chi connectivity index (χ2n) is 3.24. The Bertz CT molecular complexity index is 289. The fourth-order valence-corrected chi connectivity index (χ4v) is 1.64. The molecule has 1 aromatic carbocycles. The van der Waals surface area contributed by atoms with Gasteiger partial charge in [0.05, 0.1) is 0 Å². The normalized spacial score (nSPS) is 10.2. The average molecular weight is 213 g/mol. The lowest BCUT2D eigenvalue weighted by atomic mass is 10.2. The van der Waals surface area contributed by atoms with Crippen molar-refractivity contribution in [2.75, 3.05) is 23.9 Å². The lowest BCUT2D eigenvalue weighted by molar-refractivity contribution is 0.618. The lowest BCUT2D eigenvalue weighted by Crippen LogP contribution is -2.02. The minimum Gasteiger partial charge on any atom is -0.385 e. The van der Waals surface area contributed by atoms with Gasteiger partial charge in [0.25, 0.3) is 0 Å². The second kappa shape index (κ2) is 5.91. The van der Waals surface area contributed by atoms with Crippen molar-refractivity contribution in [2.24, 2.45) is 0 Å². The second-order valence-corrected chi connectivity index (χ2v) is 4.22. The Hall–Kier alpha value is -0.700. The first-order valence-corrected chi connectivity index (χ1v) is 6.12. The van der Waals surface area contributed by atoms with Crippen LogP contribution in [-0.4, -0.2) is 18.6 Å². The molecular formula is C11H16FNS. The minimum absolute atomic E-state index is 0.139. The molecule has 0 unspecified atom stereocenters. The Morgan fingerprint density at radius 2 is 2.21 bits per heavy atom. The van der Waals surface area contributed by atoms with Crippen LogP contribution in [0.3, 0.4) is 0 Å². The van der Waals surface area contributed by atoms with Gasteiger partial charge < -0.3 is 5.32 Å². The molecule has 1 nitrogen and oxygen atoms in total.